The molecule has 0 aliphatic carbocycles. The minimum atomic E-state index is 0.106. The first-order chi connectivity index (χ1) is 9.10. The van der Waals surface area contributed by atoms with Gasteiger partial charge < -0.3 is 15.5 Å². The molecule has 104 valence electrons. The van der Waals surface area contributed by atoms with E-state index in [1.165, 1.54) is 5.56 Å². The highest BCUT2D eigenvalue weighted by atomic mass is 79.9. The van der Waals surface area contributed by atoms with Crippen LogP contribution in [0.25, 0.3) is 0 Å². The summed E-state index contributed by atoms with van der Waals surface area (Å²) in [5.74, 6) is 0.106. The molecule has 2 rings (SSSR count). The van der Waals surface area contributed by atoms with Gasteiger partial charge in [0.15, 0.2) is 0 Å². The SMILES string of the molecule is CNCCC1CN(c2ccc(Br)cc2C)CC(=O)N1. The molecule has 1 saturated heterocycles. The zero-order valence-electron chi connectivity index (χ0n) is 11.4. The van der Waals surface area contributed by atoms with Gasteiger partial charge in [-0.25, -0.2) is 0 Å². The van der Waals surface area contributed by atoms with Crippen molar-refractivity contribution < 1.29 is 4.79 Å². The number of hydrogen-bond donors (Lipinski definition) is 2. The monoisotopic (exact) mass is 325 g/mol. The number of rotatable bonds is 4. The molecule has 19 heavy (non-hydrogen) atoms. The zero-order valence-corrected chi connectivity index (χ0v) is 13.0. The van der Waals surface area contributed by atoms with Gasteiger partial charge in [0.2, 0.25) is 5.91 Å². The van der Waals surface area contributed by atoms with Gasteiger partial charge in [0, 0.05) is 22.7 Å². The lowest BCUT2D eigenvalue weighted by Crippen LogP contribution is -2.55. The number of benzene rings is 1. The fourth-order valence-electron chi connectivity index (χ4n) is 2.46. The summed E-state index contributed by atoms with van der Waals surface area (Å²) in [7, 11) is 1.93. The van der Waals surface area contributed by atoms with Crippen molar-refractivity contribution in [3.8, 4) is 0 Å². The molecule has 0 radical (unpaired) electrons. The second kappa shape index (κ2) is 6.39. The van der Waals surface area contributed by atoms with E-state index in [1.54, 1.807) is 0 Å². The third kappa shape index (κ3) is 3.70. The van der Waals surface area contributed by atoms with Crippen LogP contribution in [0.1, 0.15) is 12.0 Å². The summed E-state index contributed by atoms with van der Waals surface area (Å²) in [6.45, 7) is 4.31. The lowest BCUT2D eigenvalue weighted by molar-refractivity contribution is -0.121. The number of piperazine rings is 1. The van der Waals surface area contributed by atoms with Crippen LogP contribution in [-0.2, 0) is 4.79 Å². The highest BCUT2D eigenvalue weighted by molar-refractivity contribution is 9.10. The van der Waals surface area contributed by atoms with E-state index >= 15 is 0 Å². The molecule has 5 heteroatoms. The average molecular weight is 326 g/mol. The maximum Gasteiger partial charge on any atom is 0.239 e. The van der Waals surface area contributed by atoms with Crippen LogP contribution in [0.15, 0.2) is 22.7 Å². The highest BCUT2D eigenvalue weighted by Crippen LogP contribution is 2.25. The molecule has 0 saturated carbocycles. The van der Waals surface area contributed by atoms with Crippen molar-refractivity contribution in [3.63, 3.8) is 0 Å². The normalized spacial score (nSPS) is 19.4. The predicted octanol–water partition coefficient (Wildman–Crippen LogP) is 1.67. The Balaban J connectivity index is 2.12. The summed E-state index contributed by atoms with van der Waals surface area (Å²) in [4.78, 5) is 14.0. The van der Waals surface area contributed by atoms with E-state index in [1.807, 2.05) is 13.1 Å². The Morgan fingerprint density at radius 3 is 3.00 bits per heavy atom. The lowest BCUT2D eigenvalue weighted by atomic mass is 10.1. The first-order valence-corrected chi connectivity index (χ1v) is 7.34. The first-order valence-electron chi connectivity index (χ1n) is 6.55. The Bertz CT molecular complexity index is 464. The molecule has 1 aromatic carbocycles. The number of anilines is 1. The van der Waals surface area contributed by atoms with Gasteiger partial charge in [0.05, 0.1) is 6.54 Å². The van der Waals surface area contributed by atoms with Crippen LogP contribution >= 0.6 is 15.9 Å². The van der Waals surface area contributed by atoms with E-state index in [2.05, 4.69) is 50.5 Å². The number of carbonyl (C=O) groups is 1. The largest absolute Gasteiger partial charge is 0.360 e. The predicted molar refractivity (Wildman–Crippen MR) is 81.6 cm³/mol. The van der Waals surface area contributed by atoms with Gasteiger partial charge in [-0.15, -0.1) is 0 Å². The van der Waals surface area contributed by atoms with Gasteiger partial charge in [0.25, 0.3) is 0 Å². The van der Waals surface area contributed by atoms with Crippen molar-refractivity contribution in [2.75, 3.05) is 31.6 Å². The number of amides is 1. The van der Waals surface area contributed by atoms with Crippen molar-refractivity contribution in [3.05, 3.63) is 28.2 Å². The summed E-state index contributed by atoms with van der Waals surface area (Å²) in [6, 6.07) is 6.41. The highest BCUT2D eigenvalue weighted by Gasteiger charge is 2.25. The molecular weight excluding hydrogens is 306 g/mol. The van der Waals surface area contributed by atoms with Gasteiger partial charge >= 0.3 is 0 Å². The molecule has 1 heterocycles. The molecule has 1 aromatic rings. The second-order valence-electron chi connectivity index (χ2n) is 4.97. The van der Waals surface area contributed by atoms with Crippen LogP contribution in [0.4, 0.5) is 5.69 Å². The van der Waals surface area contributed by atoms with Crippen molar-refractivity contribution in [1.82, 2.24) is 10.6 Å². The quantitative estimate of drug-likeness (QED) is 0.885. The molecule has 1 fully saturated rings. The Morgan fingerprint density at radius 2 is 2.32 bits per heavy atom. The molecule has 1 atom stereocenters. The van der Waals surface area contributed by atoms with E-state index in [-0.39, 0.29) is 11.9 Å². The lowest BCUT2D eigenvalue weighted by Gasteiger charge is -2.35. The summed E-state index contributed by atoms with van der Waals surface area (Å²) in [6.07, 6.45) is 0.953. The molecule has 4 nitrogen and oxygen atoms in total. The summed E-state index contributed by atoms with van der Waals surface area (Å²) < 4.78 is 1.07. The van der Waals surface area contributed by atoms with Crippen LogP contribution in [0.2, 0.25) is 0 Å². The maximum atomic E-state index is 11.8. The molecule has 1 unspecified atom stereocenters. The maximum absolute atomic E-state index is 11.8. The second-order valence-corrected chi connectivity index (χ2v) is 5.88. The molecule has 1 aliphatic rings. The van der Waals surface area contributed by atoms with Crippen LogP contribution in [0.3, 0.4) is 0 Å². The molecule has 1 aliphatic heterocycles. The number of aryl methyl sites for hydroxylation is 1. The fourth-order valence-corrected chi connectivity index (χ4v) is 2.94. The summed E-state index contributed by atoms with van der Waals surface area (Å²) in [5.41, 5.74) is 2.34. The third-order valence-corrected chi connectivity index (χ3v) is 3.88. The summed E-state index contributed by atoms with van der Waals surface area (Å²) in [5, 5.41) is 6.18. The van der Waals surface area contributed by atoms with Crippen molar-refractivity contribution in [1.29, 1.82) is 0 Å². The molecule has 0 spiro atoms. The fraction of sp³-hybridized carbons (Fsp3) is 0.500. The average Bonchev–Trinajstić information content (AvgIpc) is 2.35. The number of halogens is 1. The van der Waals surface area contributed by atoms with Gasteiger partial charge in [-0.1, -0.05) is 15.9 Å². The van der Waals surface area contributed by atoms with Crippen molar-refractivity contribution in [2.45, 2.75) is 19.4 Å². The van der Waals surface area contributed by atoms with E-state index < -0.39 is 0 Å². The van der Waals surface area contributed by atoms with Gasteiger partial charge in [-0.2, -0.15) is 0 Å². The number of nitrogens with zero attached hydrogens (tertiary/aromatic N) is 1. The Hall–Kier alpha value is -1.07. The van der Waals surface area contributed by atoms with Crippen LogP contribution in [-0.4, -0.2) is 38.6 Å². The van der Waals surface area contributed by atoms with E-state index in [4.69, 9.17) is 0 Å². The van der Waals surface area contributed by atoms with E-state index in [0.29, 0.717) is 6.54 Å². The van der Waals surface area contributed by atoms with Crippen LogP contribution in [0, 0.1) is 6.92 Å². The smallest absolute Gasteiger partial charge is 0.239 e. The Kier molecular flexibility index (Phi) is 4.82. The number of hydrogen-bond acceptors (Lipinski definition) is 3. The molecule has 0 aromatic heterocycles. The molecular formula is C14H20BrN3O. The minimum Gasteiger partial charge on any atom is -0.360 e. The molecule has 0 bridgehead atoms. The zero-order chi connectivity index (χ0) is 13.8. The minimum absolute atomic E-state index is 0.106. The van der Waals surface area contributed by atoms with Crippen molar-refractivity contribution in [2.24, 2.45) is 0 Å². The first kappa shape index (κ1) is 14.3. The third-order valence-electron chi connectivity index (χ3n) is 3.38. The Labute approximate surface area is 122 Å². The van der Waals surface area contributed by atoms with Gasteiger partial charge in [-0.3, -0.25) is 4.79 Å². The van der Waals surface area contributed by atoms with E-state index in [9.17, 15) is 4.79 Å². The van der Waals surface area contributed by atoms with E-state index in [0.717, 1.165) is 29.7 Å². The van der Waals surface area contributed by atoms with Gasteiger partial charge in [0.1, 0.15) is 0 Å². The van der Waals surface area contributed by atoms with Crippen LogP contribution in [0.5, 0.6) is 0 Å². The van der Waals surface area contributed by atoms with Crippen molar-refractivity contribution >= 4 is 27.5 Å². The summed E-state index contributed by atoms with van der Waals surface area (Å²) >= 11 is 3.47. The topological polar surface area (TPSA) is 44.4 Å². The standard InChI is InChI=1S/C14H20BrN3O/c1-10-7-11(15)3-4-13(10)18-8-12(5-6-16-2)17-14(19)9-18/h3-4,7,12,16H,5-6,8-9H2,1-2H3,(H,17,19). The van der Waals surface area contributed by atoms with Gasteiger partial charge in [-0.05, 0) is 50.7 Å². The molecule has 2 N–H and O–H groups in total. The number of nitrogens with one attached hydrogen (secondary N) is 2. The van der Waals surface area contributed by atoms with Crippen LogP contribution < -0.4 is 15.5 Å². The molecule has 1 amide bonds. The number of carbonyl (C=O) groups excluding carboxylic acids is 1. The Morgan fingerprint density at radius 1 is 1.53 bits per heavy atom.